The fraction of sp³-hybridized carbons (Fsp3) is 0. The fourth-order valence-electron chi connectivity index (χ4n) is 2.20. The molecule has 0 unspecified atom stereocenters. The normalized spacial score (nSPS) is 15.8. The maximum atomic E-state index is 12.5. The summed E-state index contributed by atoms with van der Waals surface area (Å²) in [4.78, 5) is 25.9. The summed E-state index contributed by atoms with van der Waals surface area (Å²) in [7, 11) is 0. The standard InChI is InChI=1S/C17H10Cl2N2O2S/c18-12-7-6-10(8-13(12)19)9-14-16(23)21(17(24)20-14)15(22)11-4-2-1-3-5-11/h1-9H,(H,20,24)/b14-9-. The number of thiocarbonyl (C=S) groups is 1. The molecule has 24 heavy (non-hydrogen) atoms. The Hall–Kier alpha value is -2.21. The number of halogens is 2. The quantitative estimate of drug-likeness (QED) is 0.490. The van der Waals surface area contributed by atoms with Crippen LogP contribution >= 0.6 is 35.4 Å². The van der Waals surface area contributed by atoms with Gasteiger partial charge in [0.15, 0.2) is 5.11 Å². The summed E-state index contributed by atoms with van der Waals surface area (Å²) in [6, 6.07) is 13.4. The molecule has 0 saturated carbocycles. The number of nitrogens with one attached hydrogen (secondary N) is 1. The number of amides is 2. The summed E-state index contributed by atoms with van der Waals surface area (Å²) in [5.74, 6) is -0.990. The van der Waals surface area contributed by atoms with Gasteiger partial charge in [0.05, 0.1) is 10.0 Å². The lowest BCUT2D eigenvalue weighted by atomic mass is 10.2. The van der Waals surface area contributed by atoms with E-state index in [0.29, 0.717) is 21.2 Å². The van der Waals surface area contributed by atoms with Crippen molar-refractivity contribution in [3.8, 4) is 0 Å². The molecule has 0 bridgehead atoms. The van der Waals surface area contributed by atoms with Gasteiger partial charge in [0.25, 0.3) is 11.8 Å². The average Bonchev–Trinajstić information content (AvgIpc) is 2.85. The minimum absolute atomic E-state index is 0.0418. The van der Waals surface area contributed by atoms with Gasteiger partial charge in [0.2, 0.25) is 0 Å². The highest BCUT2D eigenvalue weighted by Gasteiger charge is 2.36. The van der Waals surface area contributed by atoms with Crippen LogP contribution in [0.15, 0.2) is 54.2 Å². The van der Waals surface area contributed by atoms with E-state index in [1.807, 2.05) is 0 Å². The van der Waals surface area contributed by atoms with Crippen LogP contribution in [-0.2, 0) is 4.79 Å². The summed E-state index contributed by atoms with van der Waals surface area (Å²) in [6.07, 6.45) is 1.56. The van der Waals surface area contributed by atoms with E-state index in [2.05, 4.69) is 5.32 Å². The topological polar surface area (TPSA) is 49.4 Å². The van der Waals surface area contributed by atoms with Crippen molar-refractivity contribution in [3.63, 3.8) is 0 Å². The van der Waals surface area contributed by atoms with E-state index in [0.717, 1.165) is 4.90 Å². The van der Waals surface area contributed by atoms with Crippen LogP contribution in [-0.4, -0.2) is 21.8 Å². The van der Waals surface area contributed by atoms with Crippen LogP contribution in [0.25, 0.3) is 6.08 Å². The largest absolute Gasteiger partial charge is 0.327 e. The molecular formula is C17H10Cl2N2O2S. The molecule has 2 aromatic carbocycles. The van der Waals surface area contributed by atoms with Crippen molar-refractivity contribution in [1.29, 1.82) is 0 Å². The third-order valence-corrected chi connectivity index (χ3v) is 4.38. The van der Waals surface area contributed by atoms with Gasteiger partial charge in [-0.25, -0.2) is 4.90 Å². The fourth-order valence-corrected chi connectivity index (χ4v) is 2.78. The molecule has 1 N–H and O–H groups in total. The van der Waals surface area contributed by atoms with Crippen LogP contribution in [0.5, 0.6) is 0 Å². The predicted molar refractivity (Wildman–Crippen MR) is 97.8 cm³/mol. The predicted octanol–water partition coefficient (Wildman–Crippen LogP) is 3.89. The number of carbonyl (C=O) groups is 2. The Labute approximate surface area is 153 Å². The molecular weight excluding hydrogens is 367 g/mol. The van der Waals surface area contributed by atoms with Gasteiger partial charge in [-0.1, -0.05) is 47.5 Å². The molecule has 1 fully saturated rings. The lowest BCUT2D eigenvalue weighted by Gasteiger charge is -2.11. The molecule has 2 amide bonds. The van der Waals surface area contributed by atoms with E-state index in [-0.39, 0.29) is 10.8 Å². The highest BCUT2D eigenvalue weighted by atomic mass is 35.5. The minimum Gasteiger partial charge on any atom is -0.327 e. The Balaban J connectivity index is 1.90. The van der Waals surface area contributed by atoms with E-state index < -0.39 is 11.8 Å². The molecule has 7 heteroatoms. The first-order valence-electron chi connectivity index (χ1n) is 6.89. The highest BCUT2D eigenvalue weighted by Crippen LogP contribution is 2.24. The van der Waals surface area contributed by atoms with Crippen molar-refractivity contribution < 1.29 is 9.59 Å². The van der Waals surface area contributed by atoms with Gasteiger partial charge in [-0.05, 0) is 48.1 Å². The average molecular weight is 377 g/mol. The molecule has 3 rings (SSSR count). The van der Waals surface area contributed by atoms with Gasteiger partial charge < -0.3 is 5.32 Å². The highest BCUT2D eigenvalue weighted by molar-refractivity contribution is 7.80. The maximum Gasteiger partial charge on any atom is 0.283 e. The molecule has 0 radical (unpaired) electrons. The molecule has 1 aliphatic heterocycles. The second-order valence-electron chi connectivity index (χ2n) is 4.97. The molecule has 0 atom stereocenters. The third kappa shape index (κ3) is 3.19. The van der Waals surface area contributed by atoms with Gasteiger partial charge in [-0.2, -0.15) is 0 Å². The smallest absolute Gasteiger partial charge is 0.283 e. The van der Waals surface area contributed by atoms with Gasteiger partial charge in [-0.15, -0.1) is 0 Å². The van der Waals surface area contributed by atoms with Crippen LogP contribution in [0.1, 0.15) is 15.9 Å². The summed E-state index contributed by atoms with van der Waals surface area (Å²) in [6.45, 7) is 0. The molecule has 2 aromatic rings. The minimum atomic E-state index is -0.514. The van der Waals surface area contributed by atoms with Crippen molar-refractivity contribution in [3.05, 3.63) is 75.4 Å². The Morgan fingerprint density at radius 2 is 1.79 bits per heavy atom. The lowest BCUT2D eigenvalue weighted by Crippen LogP contribution is -2.36. The molecule has 1 heterocycles. The van der Waals surface area contributed by atoms with Crippen LogP contribution < -0.4 is 5.32 Å². The molecule has 120 valence electrons. The number of carbonyl (C=O) groups excluding carboxylic acids is 2. The van der Waals surface area contributed by atoms with Crippen molar-refractivity contribution in [2.45, 2.75) is 0 Å². The van der Waals surface area contributed by atoms with Crippen molar-refractivity contribution in [1.82, 2.24) is 10.2 Å². The molecule has 1 aliphatic rings. The summed E-state index contributed by atoms with van der Waals surface area (Å²) >= 11 is 17.0. The van der Waals surface area contributed by atoms with Gasteiger partial charge in [0, 0.05) is 5.56 Å². The first-order chi connectivity index (χ1) is 11.5. The van der Waals surface area contributed by atoms with E-state index >= 15 is 0 Å². The summed E-state index contributed by atoms with van der Waals surface area (Å²) in [5, 5.41) is 3.59. The van der Waals surface area contributed by atoms with Crippen LogP contribution in [0.2, 0.25) is 10.0 Å². The number of hydrogen-bond donors (Lipinski definition) is 1. The molecule has 1 saturated heterocycles. The second kappa shape index (κ2) is 6.73. The number of rotatable bonds is 2. The Bertz CT molecular complexity index is 881. The first kappa shape index (κ1) is 16.6. The molecule has 0 aromatic heterocycles. The van der Waals surface area contributed by atoms with Crippen LogP contribution in [0.4, 0.5) is 0 Å². The number of imide groups is 1. The summed E-state index contributed by atoms with van der Waals surface area (Å²) in [5.41, 5.74) is 1.24. The molecule has 0 spiro atoms. The number of hydrogen-bond acceptors (Lipinski definition) is 3. The van der Waals surface area contributed by atoms with Gasteiger partial charge in [-0.3, -0.25) is 9.59 Å². The third-order valence-electron chi connectivity index (χ3n) is 3.36. The van der Waals surface area contributed by atoms with E-state index in [1.165, 1.54) is 0 Å². The zero-order chi connectivity index (χ0) is 17.3. The lowest BCUT2D eigenvalue weighted by molar-refractivity contribution is -0.120. The monoisotopic (exact) mass is 376 g/mol. The zero-order valence-corrected chi connectivity index (χ0v) is 14.5. The van der Waals surface area contributed by atoms with Crippen LogP contribution in [0.3, 0.4) is 0 Å². The zero-order valence-electron chi connectivity index (χ0n) is 12.1. The van der Waals surface area contributed by atoms with E-state index in [4.69, 9.17) is 35.4 Å². The Morgan fingerprint density at radius 3 is 2.46 bits per heavy atom. The van der Waals surface area contributed by atoms with Gasteiger partial charge in [0.1, 0.15) is 5.70 Å². The Kier molecular flexibility index (Phi) is 4.66. The van der Waals surface area contributed by atoms with E-state index in [1.54, 1.807) is 54.6 Å². The number of benzene rings is 2. The molecule has 0 aliphatic carbocycles. The van der Waals surface area contributed by atoms with Crippen molar-refractivity contribution in [2.24, 2.45) is 0 Å². The van der Waals surface area contributed by atoms with E-state index in [9.17, 15) is 9.59 Å². The van der Waals surface area contributed by atoms with Gasteiger partial charge >= 0.3 is 0 Å². The second-order valence-corrected chi connectivity index (χ2v) is 6.17. The van der Waals surface area contributed by atoms with Crippen LogP contribution in [0, 0.1) is 0 Å². The van der Waals surface area contributed by atoms with Crippen molar-refractivity contribution in [2.75, 3.05) is 0 Å². The molecule has 4 nitrogen and oxygen atoms in total. The first-order valence-corrected chi connectivity index (χ1v) is 8.05. The Morgan fingerprint density at radius 1 is 1.08 bits per heavy atom. The van der Waals surface area contributed by atoms with Crippen molar-refractivity contribution >= 4 is 58.4 Å². The maximum absolute atomic E-state index is 12.5. The SMILES string of the molecule is O=C1/C(=C/c2ccc(Cl)c(Cl)c2)NC(=S)N1C(=O)c1ccccc1. The number of nitrogens with zero attached hydrogens (tertiary/aromatic N) is 1. The summed E-state index contributed by atoms with van der Waals surface area (Å²) < 4.78 is 0.